The summed E-state index contributed by atoms with van der Waals surface area (Å²) in [6.07, 6.45) is 33.2. The van der Waals surface area contributed by atoms with Crippen molar-refractivity contribution < 1.29 is 17.2 Å². The van der Waals surface area contributed by atoms with Crippen LogP contribution in [-0.2, 0) is 14.6 Å². The third kappa shape index (κ3) is 22.5. The van der Waals surface area contributed by atoms with Crippen molar-refractivity contribution in [2.75, 3.05) is 6.61 Å². The molecule has 5 heteroatoms. The quantitative estimate of drug-likeness (QED) is 0.204. The standard InChI is InChI=1S/C24H38O4S/c1-3-5-6-7-8-9-10-11-12-13-14-15-16-17-18-19-20-21-22-24(4-2)23-28-29(25,26)27/h5-6,8-9,11-12,14-15,17-18,20-21,24H,3-4,7,10,13,16,19,22-23H2,1-2H3,(H,25,26,27). The molecule has 0 aromatic carbocycles. The van der Waals surface area contributed by atoms with E-state index in [9.17, 15) is 8.42 Å². The second kappa shape index (κ2) is 19.6. The number of hydrogen-bond acceptors (Lipinski definition) is 3. The van der Waals surface area contributed by atoms with Gasteiger partial charge in [-0.3, -0.25) is 4.55 Å². The van der Waals surface area contributed by atoms with Crippen LogP contribution in [0.25, 0.3) is 0 Å². The SMILES string of the molecule is CCC=CCC=CCC=CCC=CCC=CCC=CCC(CC)COS(=O)(=O)O. The second-order valence-corrected chi connectivity index (χ2v) is 7.73. The average Bonchev–Trinajstić information content (AvgIpc) is 2.68. The Labute approximate surface area is 178 Å². The molecule has 0 heterocycles. The van der Waals surface area contributed by atoms with Crippen molar-refractivity contribution >= 4 is 10.4 Å². The fraction of sp³-hybridized carbons (Fsp3) is 0.500. The average molecular weight is 423 g/mol. The molecule has 1 atom stereocenters. The molecule has 0 aliphatic carbocycles. The summed E-state index contributed by atoms with van der Waals surface area (Å²) < 4.78 is 34.2. The van der Waals surface area contributed by atoms with Crippen LogP contribution >= 0.6 is 0 Å². The first-order chi connectivity index (χ1) is 14.0. The van der Waals surface area contributed by atoms with Gasteiger partial charge in [-0.25, -0.2) is 4.18 Å². The van der Waals surface area contributed by atoms with Crippen molar-refractivity contribution in [2.45, 2.75) is 65.2 Å². The van der Waals surface area contributed by atoms with Gasteiger partial charge in [0.05, 0.1) is 6.61 Å². The fourth-order valence-corrected chi connectivity index (χ4v) is 2.71. The first-order valence-corrected chi connectivity index (χ1v) is 11.9. The zero-order valence-electron chi connectivity index (χ0n) is 17.9. The van der Waals surface area contributed by atoms with Crippen LogP contribution in [0.2, 0.25) is 0 Å². The van der Waals surface area contributed by atoms with E-state index in [0.717, 1.165) is 51.4 Å². The van der Waals surface area contributed by atoms with E-state index in [1.807, 2.05) is 13.0 Å². The number of hydrogen-bond donors (Lipinski definition) is 1. The molecule has 0 saturated carbocycles. The van der Waals surface area contributed by atoms with Crippen LogP contribution < -0.4 is 0 Å². The van der Waals surface area contributed by atoms with Crippen LogP contribution in [0.3, 0.4) is 0 Å². The minimum Gasteiger partial charge on any atom is -0.264 e. The summed E-state index contributed by atoms with van der Waals surface area (Å²) in [5.74, 6) is 0.0847. The predicted molar refractivity (Wildman–Crippen MR) is 124 cm³/mol. The Morgan fingerprint density at radius 1 is 0.690 bits per heavy atom. The van der Waals surface area contributed by atoms with Crippen LogP contribution in [0.15, 0.2) is 72.9 Å². The minimum atomic E-state index is -4.34. The highest BCUT2D eigenvalue weighted by atomic mass is 32.3. The lowest BCUT2D eigenvalue weighted by Gasteiger charge is -2.10. The lowest BCUT2D eigenvalue weighted by molar-refractivity contribution is 0.220. The van der Waals surface area contributed by atoms with Gasteiger partial charge in [-0.15, -0.1) is 0 Å². The van der Waals surface area contributed by atoms with E-state index < -0.39 is 10.4 Å². The molecule has 0 aromatic rings. The highest BCUT2D eigenvalue weighted by molar-refractivity contribution is 7.80. The predicted octanol–water partition coefficient (Wildman–Crippen LogP) is 6.92. The van der Waals surface area contributed by atoms with Crippen LogP contribution in [0.4, 0.5) is 0 Å². The first kappa shape index (κ1) is 27.3. The molecule has 0 spiro atoms. The highest BCUT2D eigenvalue weighted by Gasteiger charge is 2.10. The molecule has 29 heavy (non-hydrogen) atoms. The summed E-state index contributed by atoms with van der Waals surface area (Å²) in [6, 6.07) is 0. The third-order valence-corrected chi connectivity index (χ3v) is 4.53. The van der Waals surface area contributed by atoms with Crippen molar-refractivity contribution in [3.8, 4) is 0 Å². The summed E-state index contributed by atoms with van der Waals surface area (Å²) in [6.45, 7) is 4.13. The van der Waals surface area contributed by atoms with Crippen molar-refractivity contribution in [3.63, 3.8) is 0 Å². The largest absolute Gasteiger partial charge is 0.397 e. The van der Waals surface area contributed by atoms with E-state index in [4.69, 9.17) is 4.55 Å². The van der Waals surface area contributed by atoms with E-state index in [-0.39, 0.29) is 12.5 Å². The molecule has 0 aromatic heterocycles. The van der Waals surface area contributed by atoms with Gasteiger partial charge < -0.3 is 0 Å². The Morgan fingerprint density at radius 3 is 1.41 bits per heavy atom. The molecule has 0 bridgehead atoms. The van der Waals surface area contributed by atoms with Gasteiger partial charge in [-0.1, -0.05) is 93.2 Å². The van der Waals surface area contributed by atoms with E-state index >= 15 is 0 Å². The summed E-state index contributed by atoms with van der Waals surface area (Å²) in [5.41, 5.74) is 0. The fourth-order valence-electron chi connectivity index (χ4n) is 2.35. The molecule has 0 rings (SSSR count). The maximum atomic E-state index is 10.6. The molecule has 0 aliphatic rings. The molecular formula is C24H38O4S. The highest BCUT2D eigenvalue weighted by Crippen LogP contribution is 2.11. The molecular weight excluding hydrogens is 384 g/mol. The van der Waals surface area contributed by atoms with Gasteiger partial charge in [0.15, 0.2) is 0 Å². The Morgan fingerprint density at radius 2 is 1.07 bits per heavy atom. The lowest BCUT2D eigenvalue weighted by Crippen LogP contribution is -2.12. The van der Waals surface area contributed by atoms with Crippen molar-refractivity contribution in [1.29, 1.82) is 0 Å². The number of allylic oxidation sites excluding steroid dienone is 12. The summed E-state index contributed by atoms with van der Waals surface area (Å²) >= 11 is 0. The molecule has 164 valence electrons. The van der Waals surface area contributed by atoms with Gasteiger partial charge in [0, 0.05) is 0 Å². The van der Waals surface area contributed by atoms with Gasteiger partial charge in [-0.05, 0) is 50.9 Å². The van der Waals surface area contributed by atoms with Crippen LogP contribution in [0, 0.1) is 5.92 Å². The smallest absolute Gasteiger partial charge is 0.264 e. The number of rotatable bonds is 17. The van der Waals surface area contributed by atoms with E-state index in [2.05, 4.69) is 77.9 Å². The van der Waals surface area contributed by atoms with Crippen LogP contribution in [0.1, 0.15) is 65.2 Å². The Hall–Kier alpha value is -1.69. The maximum Gasteiger partial charge on any atom is 0.397 e. The van der Waals surface area contributed by atoms with E-state index in [0.29, 0.717) is 0 Å². The zero-order chi connectivity index (χ0) is 21.6. The van der Waals surface area contributed by atoms with Crippen molar-refractivity contribution in [3.05, 3.63) is 72.9 Å². The normalized spacial score (nSPS) is 14.7. The van der Waals surface area contributed by atoms with Gasteiger partial charge in [0.1, 0.15) is 0 Å². The van der Waals surface area contributed by atoms with Crippen molar-refractivity contribution in [2.24, 2.45) is 5.92 Å². The Bertz CT molecular complexity index is 652. The van der Waals surface area contributed by atoms with Gasteiger partial charge >= 0.3 is 10.4 Å². The van der Waals surface area contributed by atoms with E-state index in [1.165, 1.54) is 0 Å². The van der Waals surface area contributed by atoms with Crippen molar-refractivity contribution in [1.82, 2.24) is 0 Å². The lowest BCUT2D eigenvalue weighted by atomic mass is 10.0. The Kier molecular flexibility index (Phi) is 18.5. The third-order valence-electron chi connectivity index (χ3n) is 4.10. The molecule has 0 amide bonds. The van der Waals surface area contributed by atoms with E-state index in [1.54, 1.807) is 0 Å². The molecule has 0 aliphatic heterocycles. The zero-order valence-corrected chi connectivity index (χ0v) is 18.8. The second-order valence-electron chi connectivity index (χ2n) is 6.64. The molecule has 0 radical (unpaired) electrons. The summed E-state index contributed by atoms with van der Waals surface area (Å²) in [7, 11) is -4.34. The molecule has 4 nitrogen and oxygen atoms in total. The minimum absolute atomic E-state index is 0.0152. The van der Waals surface area contributed by atoms with Crippen LogP contribution in [-0.4, -0.2) is 19.6 Å². The van der Waals surface area contributed by atoms with Gasteiger partial charge in [0.2, 0.25) is 0 Å². The van der Waals surface area contributed by atoms with Gasteiger partial charge in [-0.2, -0.15) is 8.42 Å². The topological polar surface area (TPSA) is 63.6 Å². The molecule has 1 N–H and O–H groups in total. The maximum absolute atomic E-state index is 10.6. The van der Waals surface area contributed by atoms with Crippen LogP contribution in [0.5, 0.6) is 0 Å². The summed E-state index contributed by atoms with van der Waals surface area (Å²) in [4.78, 5) is 0. The molecule has 0 fully saturated rings. The van der Waals surface area contributed by atoms with Gasteiger partial charge in [0.25, 0.3) is 0 Å². The molecule has 1 unspecified atom stereocenters. The molecule has 0 saturated heterocycles. The monoisotopic (exact) mass is 422 g/mol. The first-order valence-electron chi connectivity index (χ1n) is 10.5. The summed E-state index contributed by atoms with van der Waals surface area (Å²) in [5, 5.41) is 0. The Balaban J connectivity index is 3.75.